The van der Waals surface area contributed by atoms with Crippen molar-refractivity contribution in [2.24, 2.45) is 0 Å². The molecular formula is C16H24N2O4. The molecule has 22 heavy (non-hydrogen) atoms. The zero-order chi connectivity index (χ0) is 16.2. The van der Waals surface area contributed by atoms with Crippen molar-refractivity contribution in [1.29, 1.82) is 0 Å². The number of fused-ring (bicyclic) bond motifs is 1. The first-order valence-electron chi connectivity index (χ1n) is 7.46. The molecule has 0 radical (unpaired) electrons. The van der Waals surface area contributed by atoms with Crippen LogP contribution in [0.15, 0.2) is 18.2 Å². The van der Waals surface area contributed by atoms with E-state index in [4.69, 9.17) is 14.2 Å². The van der Waals surface area contributed by atoms with E-state index in [0.717, 1.165) is 17.2 Å². The van der Waals surface area contributed by atoms with Gasteiger partial charge in [0.05, 0.1) is 0 Å². The normalized spacial score (nSPS) is 14.9. The molecule has 0 fully saturated rings. The van der Waals surface area contributed by atoms with Crippen molar-refractivity contribution >= 4 is 11.8 Å². The third-order valence-electron chi connectivity index (χ3n) is 2.91. The van der Waals surface area contributed by atoms with Crippen LogP contribution in [-0.2, 0) is 4.74 Å². The van der Waals surface area contributed by atoms with Crippen molar-refractivity contribution in [1.82, 2.24) is 5.32 Å². The fourth-order valence-corrected chi connectivity index (χ4v) is 2.02. The summed E-state index contributed by atoms with van der Waals surface area (Å²) in [5.41, 5.74) is 0.430. The first-order chi connectivity index (χ1) is 10.3. The van der Waals surface area contributed by atoms with Crippen molar-refractivity contribution in [2.45, 2.75) is 39.3 Å². The number of amides is 1. The minimum Gasteiger partial charge on any atom is -0.486 e. The van der Waals surface area contributed by atoms with Gasteiger partial charge in [-0.15, -0.1) is 0 Å². The smallest absolute Gasteiger partial charge is 0.407 e. The maximum absolute atomic E-state index is 11.6. The van der Waals surface area contributed by atoms with Crippen LogP contribution < -0.4 is 20.1 Å². The molecule has 0 aliphatic carbocycles. The van der Waals surface area contributed by atoms with Gasteiger partial charge in [0.2, 0.25) is 0 Å². The average Bonchev–Trinajstić information content (AvgIpc) is 2.43. The molecule has 1 aromatic rings. The van der Waals surface area contributed by atoms with Crippen LogP contribution in [0.5, 0.6) is 11.5 Å². The van der Waals surface area contributed by atoms with Crippen LogP contribution >= 0.6 is 0 Å². The summed E-state index contributed by atoms with van der Waals surface area (Å²) in [6.07, 6.45) is -0.414. The number of benzene rings is 1. The lowest BCUT2D eigenvalue weighted by atomic mass is 10.2. The Morgan fingerprint density at radius 2 is 1.95 bits per heavy atom. The quantitative estimate of drug-likeness (QED) is 0.895. The molecule has 1 aliphatic heterocycles. The highest BCUT2D eigenvalue weighted by molar-refractivity contribution is 5.67. The molecule has 1 amide bonds. The Morgan fingerprint density at radius 1 is 1.27 bits per heavy atom. The second-order valence-electron chi connectivity index (χ2n) is 6.29. The van der Waals surface area contributed by atoms with Gasteiger partial charge < -0.3 is 24.8 Å². The highest BCUT2D eigenvalue weighted by Gasteiger charge is 2.17. The van der Waals surface area contributed by atoms with E-state index < -0.39 is 11.7 Å². The van der Waals surface area contributed by atoms with Crippen LogP contribution in [0.2, 0.25) is 0 Å². The number of anilines is 1. The lowest BCUT2D eigenvalue weighted by molar-refractivity contribution is 0.0526. The maximum atomic E-state index is 11.6. The summed E-state index contributed by atoms with van der Waals surface area (Å²) in [6.45, 7) is 9.09. The molecular weight excluding hydrogens is 284 g/mol. The van der Waals surface area contributed by atoms with E-state index in [1.807, 2.05) is 45.9 Å². The Hall–Kier alpha value is -2.11. The Labute approximate surface area is 131 Å². The summed E-state index contributed by atoms with van der Waals surface area (Å²) >= 11 is 0. The standard InChI is InChI=1S/C16H24N2O4/c1-11(10-17-15(19)22-16(2,3)4)18-12-5-6-13-14(9-12)21-8-7-20-13/h5-6,9,11,18H,7-8,10H2,1-4H3,(H,17,19). The number of alkyl carbamates (subject to hydrolysis) is 1. The van der Waals surface area contributed by atoms with Gasteiger partial charge >= 0.3 is 6.09 Å². The van der Waals surface area contributed by atoms with Gasteiger partial charge in [-0.05, 0) is 39.8 Å². The van der Waals surface area contributed by atoms with E-state index in [1.165, 1.54) is 0 Å². The number of nitrogens with one attached hydrogen (secondary N) is 2. The summed E-state index contributed by atoms with van der Waals surface area (Å²) < 4.78 is 16.2. The minimum atomic E-state index is -0.490. The van der Waals surface area contributed by atoms with Gasteiger partial charge in [-0.3, -0.25) is 0 Å². The van der Waals surface area contributed by atoms with Gasteiger partial charge in [0.1, 0.15) is 18.8 Å². The molecule has 6 heteroatoms. The maximum Gasteiger partial charge on any atom is 0.407 e. The molecule has 1 aliphatic rings. The number of hydrogen-bond donors (Lipinski definition) is 2. The first kappa shape index (κ1) is 16.3. The molecule has 2 rings (SSSR count). The molecule has 1 heterocycles. The molecule has 0 saturated heterocycles. The van der Waals surface area contributed by atoms with Crippen LogP contribution in [0.4, 0.5) is 10.5 Å². The molecule has 1 atom stereocenters. The Morgan fingerprint density at radius 3 is 2.64 bits per heavy atom. The number of hydrogen-bond acceptors (Lipinski definition) is 5. The van der Waals surface area contributed by atoms with E-state index in [2.05, 4.69) is 10.6 Å². The number of carbonyl (C=O) groups is 1. The Kier molecular flexibility index (Phi) is 5.00. The minimum absolute atomic E-state index is 0.0510. The summed E-state index contributed by atoms with van der Waals surface area (Å²) in [5, 5.41) is 6.05. The monoisotopic (exact) mass is 308 g/mol. The van der Waals surface area contributed by atoms with E-state index >= 15 is 0 Å². The molecule has 2 N–H and O–H groups in total. The average molecular weight is 308 g/mol. The van der Waals surface area contributed by atoms with Gasteiger partial charge in [0, 0.05) is 24.3 Å². The molecule has 0 spiro atoms. The predicted octanol–water partition coefficient (Wildman–Crippen LogP) is 2.78. The molecule has 0 bridgehead atoms. The number of rotatable bonds is 4. The first-order valence-corrected chi connectivity index (χ1v) is 7.46. The van der Waals surface area contributed by atoms with Gasteiger partial charge in [-0.1, -0.05) is 0 Å². The SMILES string of the molecule is CC(CNC(=O)OC(C)(C)C)Nc1ccc2c(c1)OCCO2. The van der Waals surface area contributed by atoms with E-state index in [-0.39, 0.29) is 6.04 Å². The molecule has 1 unspecified atom stereocenters. The summed E-state index contributed by atoms with van der Waals surface area (Å²) in [4.78, 5) is 11.6. The van der Waals surface area contributed by atoms with Crippen molar-refractivity contribution in [3.8, 4) is 11.5 Å². The van der Waals surface area contributed by atoms with Gasteiger partial charge in [0.25, 0.3) is 0 Å². The Bertz CT molecular complexity index is 525. The highest BCUT2D eigenvalue weighted by atomic mass is 16.6. The van der Waals surface area contributed by atoms with E-state index in [9.17, 15) is 4.79 Å². The lowest BCUT2D eigenvalue weighted by Crippen LogP contribution is -2.38. The molecule has 0 saturated carbocycles. The van der Waals surface area contributed by atoms with Crippen LogP contribution in [0.25, 0.3) is 0 Å². The third kappa shape index (κ3) is 5.02. The topological polar surface area (TPSA) is 68.8 Å². The fraction of sp³-hybridized carbons (Fsp3) is 0.562. The third-order valence-corrected chi connectivity index (χ3v) is 2.91. The summed E-state index contributed by atoms with van der Waals surface area (Å²) in [6, 6.07) is 5.76. The highest BCUT2D eigenvalue weighted by Crippen LogP contribution is 2.32. The second kappa shape index (κ2) is 6.77. The summed E-state index contributed by atoms with van der Waals surface area (Å²) in [5.74, 6) is 1.50. The number of ether oxygens (including phenoxy) is 3. The van der Waals surface area contributed by atoms with Crippen molar-refractivity contribution in [2.75, 3.05) is 25.1 Å². The van der Waals surface area contributed by atoms with Crippen LogP contribution in [0, 0.1) is 0 Å². The van der Waals surface area contributed by atoms with E-state index in [1.54, 1.807) is 0 Å². The van der Waals surface area contributed by atoms with Crippen molar-refractivity contribution < 1.29 is 19.0 Å². The van der Waals surface area contributed by atoms with Gasteiger partial charge in [-0.2, -0.15) is 0 Å². The number of carbonyl (C=O) groups excluding carboxylic acids is 1. The van der Waals surface area contributed by atoms with Crippen LogP contribution in [-0.4, -0.2) is 37.5 Å². The van der Waals surface area contributed by atoms with E-state index in [0.29, 0.717) is 19.8 Å². The summed E-state index contributed by atoms with van der Waals surface area (Å²) in [7, 11) is 0. The predicted molar refractivity (Wildman–Crippen MR) is 84.8 cm³/mol. The molecule has 122 valence electrons. The van der Waals surface area contributed by atoms with Crippen LogP contribution in [0.3, 0.4) is 0 Å². The zero-order valence-electron chi connectivity index (χ0n) is 13.6. The van der Waals surface area contributed by atoms with Gasteiger partial charge in [-0.25, -0.2) is 4.79 Å². The van der Waals surface area contributed by atoms with Gasteiger partial charge in [0.15, 0.2) is 11.5 Å². The molecule has 1 aromatic carbocycles. The molecule has 0 aromatic heterocycles. The largest absolute Gasteiger partial charge is 0.486 e. The van der Waals surface area contributed by atoms with Crippen molar-refractivity contribution in [3.05, 3.63) is 18.2 Å². The zero-order valence-corrected chi connectivity index (χ0v) is 13.6. The lowest BCUT2D eigenvalue weighted by Gasteiger charge is -2.22. The van der Waals surface area contributed by atoms with Crippen molar-refractivity contribution in [3.63, 3.8) is 0 Å². The second-order valence-corrected chi connectivity index (χ2v) is 6.29. The van der Waals surface area contributed by atoms with Crippen LogP contribution in [0.1, 0.15) is 27.7 Å². The molecule has 6 nitrogen and oxygen atoms in total. The fourth-order valence-electron chi connectivity index (χ4n) is 2.02. The Balaban J connectivity index is 1.82.